The van der Waals surface area contributed by atoms with Crippen molar-refractivity contribution in [2.24, 2.45) is 11.8 Å². The Labute approximate surface area is 209 Å². The molecule has 1 fully saturated rings. The van der Waals surface area contributed by atoms with Gasteiger partial charge < -0.3 is 25.4 Å². The molecule has 0 heterocycles. The number of nitrogens with one attached hydrogen (secondary N) is 2. The topological polar surface area (TPSA) is 108 Å². The van der Waals surface area contributed by atoms with Gasteiger partial charge in [0.2, 0.25) is 11.8 Å². The maximum absolute atomic E-state index is 14.1. The van der Waals surface area contributed by atoms with Crippen molar-refractivity contribution in [2.75, 3.05) is 0 Å². The highest BCUT2D eigenvalue weighted by atomic mass is 16.6. The van der Waals surface area contributed by atoms with E-state index in [-0.39, 0.29) is 35.4 Å². The third-order valence-electron chi connectivity index (χ3n) is 5.87. The number of aryl methyl sites for hydroxylation is 1. The van der Waals surface area contributed by atoms with Gasteiger partial charge in [-0.2, -0.15) is 0 Å². The number of alkyl carbamates (subject to hydrolysis) is 1. The molecule has 8 heteroatoms. The van der Waals surface area contributed by atoms with Crippen LogP contribution < -0.4 is 10.6 Å². The number of carbonyl (C=O) groups is 3. The van der Waals surface area contributed by atoms with E-state index in [0.29, 0.717) is 11.1 Å². The molecule has 2 rings (SSSR count). The fourth-order valence-electron chi connectivity index (χ4n) is 4.04. The minimum Gasteiger partial charge on any atom is -0.507 e. The summed E-state index contributed by atoms with van der Waals surface area (Å²) in [6.45, 7) is 18.3. The highest BCUT2D eigenvalue weighted by Gasteiger charge is 2.49. The van der Waals surface area contributed by atoms with Gasteiger partial charge in [0.1, 0.15) is 23.4 Å². The van der Waals surface area contributed by atoms with Gasteiger partial charge in [-0.1, -0.05) is 39.0 Å². The van der Waals surface area contributed by atoms with Gasteiger partial charge in [-0.15, -0.1) is 0 Å². The summed E-state index contributed by atoms with van der Waals surface area (Å²) in [5.74, 6) is -0.858. The predicted molar refractivity (Wildman–Crippen MR) is 136 cm³/mol. The number of nitrogens with zero attached hydrogens (tertiary/aromatic N) is 1. The second kappa shape index (κ2) is 10.5. The lowest BCUT2D eigenvalue weighted by molar-refractivity contribution is -0.145. The van der Waals surface area contributed by atoms with Crippen molar-refractivity contribution in [1.82, 2.24) is 15.5 Å². The summed E-state index contributed by atoms with van der Waals surface area (Å²) in [5, 5.41) is 16.6. The van der Waals surface area contributed by atoms with E-state index < -0.39 is 29.3 Å². The Balaban J connectivity index is 2.56. The predicted octanol–water partition coefficient (Wildman–Crippen LogP) is 4.44. The first kappa shape index (κ1) is 28.5. The number of rotatable bonds is 7. The van der Waals surface area contributed by atoms with Crippen LogP contribution in [0.25, 0.3) is 0 Å². The van der Waals surface area contributed by atoms with E-state index in [2.05, 4.69) is 10.6 Å². The van der Waals surface area contributed by atoms with Crippen LogP contribution in [0.4, 0.5) is 4.79 Å². The van der Waals surface area contributed by atoms with Gasteiger partial charge in [-0.05, 0) is 72.3 Å². The van der Waals surface area contributed by atoms with Crippen LogP contribution in [0.5, 0.6) is 5.75 Å². The van der Waals surface area contributed by atoms with Gasteiger partial charge in [0.25, 0.3) is 0 Å². The van der Waals surface area contributed by atoms with Crippen LogP contribution >= 0.6 is 0 Å². The average molecular weight is 490 g/mol. The molecule has 1 aliphatic rings. The van der Waals surface area contributed by atoms with Crippen LogP contribution in [0.1, 0.15) is 85.9 Å². The van der Waals surface area contributed by atoms with Crippen molar-refractivity contribution in [3.05, 3.63) is 29.3 Å². The lowest BCUT2D eigenvalue weighted by Crippen LogP contribution is -2.57. The SMILES string of the molecule is Cc1cccc(C(C(=O)NC(C)(C)C)N(C(=O)C(NC(=O)OC(C)(C)C)C(C)C)C2CC2C)c1O. The van der Waals surface area contributed by atoms with E-state index in [1.807, 2.05) is 41.5 Å². The Morgan fingerprint density at radius 2 is 1.69 bits per heavy atom. The zero-order valence-electron chi connectivity index (χ0n) is 22.9. The Bertz CT molecular complexity index is 945. The molecule has 1 saturated carbocycles. The first-order valence-electron chi connectivity index (χ1n) is 12.3. The molecule has 196 valence electrons. The number of phenolic OH excluding ortho intramolecular Hbond substituents is 1. The van der Waals surface area contributed by atoms with E-state index >= 15 is 0 Å². The van der Waals surface area contributed by atoms with Crippen molar-refractivity contribution >= 4 is 17.9 Å². The minimum absolute atomic E-state index is 0.0196. The third kappa shape index (κ3) is 7.61. The molecule has 3 N–H and O–H groups in total. The second-order valence-electron chi connectivity index (χ2n) is 12.0. The largest absolute Gasteiger partial charge is 0.507 e. The highest BCUT2D eigenvalue weighted by molar-refractivity contribution is 5.93. The summed E-state index contributed by atoms with van der Waals surface area (Å²) < 4.78 is 5.40. The molecule has 0 aromatic heterocycles. The molecule has 35 heavy (non-hydrogen) atoms. The first-order chi connectivity index (χ1) is 15.9. The molecule has 0 aliphatic heterocycles. The second-order valence-corrected chi connectivity index (χ2v) is 12.0. The highest BCUT2D eigenvalue weighted by Crippen LogP contribution is 2.43. The van der Waals surface area contributed by atoms with Gasteiger partial charge in [-0.3, -0.25) is 9.59 Å². The lowest BCUT2D eigenvalue weighted by atomic mass is 9.96. The zero-order chi connectivity index (χ0) is 26.9. The number of ether oxygens (including phenoxy) is 1. The fourth-order valence-corrected chi connectivity index (χ4v) is 4.04. The number of amides is 3. The molecular weight excluding hydrogens is 446 g/mol. The van der Waals surface area contributed by atoms with Crippen LogP contribution in [-0.4, -0.2) is 51.1 Å². The van der Waals surface area contributed by atoms with Gasteiger partial charge in [0.15, 0.2) is 0 Å². The van der Waals surface area contributed by atoms with Crippen molar-refractivity contribution in [2.45, 2.75) is 105 Å². The van der Waals surface area contributed by atoms with Gasteiger partial charge in [0, 0.05) is 17.1 Å². The molecule has 1 aromatic carbocycles. The van der Waals surface area contributed by atoms with E-state index in [1.165, 1.54) is 0 Å². The van der Waals surface area contributed by atoms with Crippen LogP contribution in [0.3, 0.4) is 0 Å². The van der Waals surface area contributed by atoms with Crippen molar-refractivity contribution in [1.29, 1.82) is 0 Å². The van der Waals surface area contributed by atoms with Crippen molar-refractivity contribution < 1.29 is 24.2 Å². The van der Waals surface area contributed by atoms with Gasteiger partial charge >= 0.3 is 6.09 Å². The Hall–Kier alpha value is -2.77. The third-order valence-corrected chi connectivity index (χ3v) is 5.87. The number of hydrogen-bond acceptors (Lipinski definition) is 5. The van der Waals surface area contributed by atoms with Crippen LogP contribution in [0.2, 0.25) is 0 Å². The maximum Gasteiger partial charge on any atom is 0.408 e. The molecule has 3 amide bonds. The van der Waals surface area contributed by atoms with Gasteiger partial charge in [-0.25, -0.2) is 4.79 Å². The van der Waals surface area contributed by atoms with Crippen LogP contribution in [0, 0.1) is 18.8 Å². The molecular formula is C27H43N3O5. The molecule has 4 unspecified atom stereocenters. The number of hydrogen-bond donors (Lipinski definition) is 3. The molecule has 8 nitrogen and oxygen atoms in total. The smallest absolute Gasteiger partial charge is 0.408 e. The first-order valence-corrected chi connectivity index (χ1v) is 12.3. The van der Waals surface area contributed by atoms with E-state index in [0.717, 1.165) is 6.42 Å². The Morgan fingerprint density at radius 1 is 1.11 bits per heavy atom. The Kier molecular flexibility index (Phi) is 8.51. The molecule has 1 aliphatic carbocycles. The molecule has 0 spiro atoms. The van der Waals surface area contributed by atoms with Crippen LogP contribution in [0.15, 0.2) is 18.2 Å². The molecule has 0 saturated heterocycles. The monoisotopic (exact) mass is 489 g/mol. The summed E-state index contributed by atoms with van der Waals surface area (Å²) in [6, 6.07) is 3.03. The normalized spacial score (nSPS) is 19.5. The molecule has 4 atom stereocenters. The summed E-state index contributed by atoms with van der Waals surface area (Å²) >= 11 is 0. The van der Waals surface area contributed by atoms with E-state index in [9.17, 15) is 19.5 Å². The maximum atomic E-state index is 14.1. The molecule has 0 radical (unpaired) electrons. The standard InChI is InChI=1S/C27H43N3O5/c1-15(2)20(28-25(34)35-27(8,9)10)24(33)30(19-14-17(19)4)21(23(32)29-26(5,6)7)18-13-11-12-16(3)22(18)31/h11-13,15,17,19-21,31H,14H2,1-10H3,(H,28,34)(H,29,32). The average Bonchev–Trinajstić information content (AvgIpc) is 3.39. The van der Waals surface area contributed by atoms with Crippen molar-refractivity contribution in [3.63, 3.8) is 0 Å². The zero-order valence-corrected chi connectivity index (χ0v) is 22.9. The molecule has 1 aromatic rings. The quantitative estimate of drug-likeness (QED) is 0.525. The van der Waals surface area contributed by atoms with E-state index in [1.54, 1.807) is 50.8 Å². The number of benzene rings is 1. The van der Waals surface area contributed by atoms with Crippen LogP contribution in [-0.2, 0) is 14.3 Å². The van der Waals surface area contributed by atoms with E-state index in [4.69, 9.17) is 4.74 Å². The summed E-state index contributed by atoms with van der Waals surface area (Å²) in [5.41, 5.74) is -0.300. The number of phenols is 1. The summed E-state index contributed by atoms with van der Waals surface area (Å²) in [6.07, 6.45) is 0.0388. The van der Waals surface area contributed by atoms with Gasteiger partial charge in [0.05, 0.1) is 0 Å². The minimum atomic E-state index is -1.06. The number of aromatic hydroxyl groups is 1. The lowest BCUT2D eigenvalue weighted by Gasteiger charge is -2.37. The van der Waals surface area contributed by atoms with Crippen molar-refractivity contribution in [3.8, 4) is 5.75 Å². The summed E-state index contributed by atoms with van der Waals surface area (Å²) in [4.78, 5) is 41.9. The number of carbonyl (C=O) groups excluding carboxylic acids is 3. The molecule has 0 bridgehead atoms. The summed E-state index contributed by atoms with van der Waals surface area (Å²) in [7, 11) is 0. The number of para-hydroxylation sites is 1. The fraction of sp³-hybridized carbons (Fsp3) is 0.667. The Morgan fingerprint density at radius 3 is 2.14 bits per heavy atom.